The molecule has 0 aromatic rings. The van der Waals surface area contributed by atoms with E-state index >= 15 is 0 Å². The standard InChI is InChI=1S/C63H106O14/c1-3-5-7-9-11-13-15-17-19-21-23-24-25-26-27-29-31-33-35-37-39-41-43-45-47-72-49-52(75-55(65)46-44-42-40-38-36-34-32-30-28-22-20-18-16-14-12-10-8-6-4-2)50-73-62-61(71)59(69)57(67)54(77-62)51-74-63-60(70)58(68)56(66)53(48-64)76-63/h5,7,11-14,17-20,23-24,26-28,30,52-54,56-64,66-71H,3-4,6,8-10,15-16,21-22,25,29,31-51H2,1-2H3/b7-5-,13-11-,14-12-,19-17-,20-18-,24-23-,27-26-,30-28-. The first-order chi connectivity index (χ1) is 37.6. The van der Waals surface area contributed by atoms with Gasteiger partial charge >= 0.3 is 5.97 Å². The highest BCUT2D eigenvalue weighted by atomic mass is 16.7. The number of carbonyl (C=O) groups is 1. The summed E-state index contributed by atoms with van der Waals surface area (Å²) in [5.41, 5.74) is 0. The van der Waals surface area contributed by atoms with Gasteiger partial charge in [0.25, 0.3) is 0 Å². The molecule has 442 valence electrons. The summed E-state index contributed by atoms with van der Waals surface area (Å²) in [4.78, 5) is 13.1. The molecular weight excluding hydrogens is 981 g/mol. The van der Waals surface area contributed by atoms with E-state index in [9.17, 15) is 40.5 Å². The molecule has 11 unspecified atom stereocenters. The van der Waals surface area contributed by atoms with Crippen molar-refractivity contribution in [2.45, 2.75) is 261 Å². The minimum absolute atomic E-state index is 0.0442. The van der Waals surface area contributed by atoms with Gasteiger partial charge in [0.2, 0.25) is 0 Å². The summed E-state index contributed by atoms with van der Waals surface area (Å²) in [7, 11) is 0. The Morgan fingerprint density at radius 1 is 0.442 bits per heavy atom. The number of aliphatic hydroxyl groups is 7. The van der Waals surface area contributed by atoms with Crippen molar-refractivity contribution in [2.75, 3.05) is 33.0 Å². The molecule has 0 radical (unpaired) electrons. The first kappa shape index (κ1) is 70.0. The second-order valence-electron chi connectivity index (χ2n) is 20.4. The summed E-state index contributed by atoms with van der Waals surface area (Å²) in [6.45, 7) is 3.50. The fourth-order valence-electron chi connectivity index (χ4n) is 8.79. The summed E-state index contributed by atoms with van der Waals surface area (Å²) in [6, 6.07) is 0. The van der Waals surface area contributed by atoms with E-state index in [1.807, 2.05) is 0 Å². The first-order valence-corrected chi connectivity index (χ1v) is 29.8. The highest BCUT2D eigenvalue weighted by Gasteiger charge is 2.47. The molecule has 0 aromatic carbocycles. The summed E-state index contributed by atoms with van der Waals surface area (Å²) in [5, 5.41) is 72.4. The lowest BCUT2D eigenvalue weighted by Gasteiger charge is -2.42. The van der Waals surface area contributed by atoms with Crippen LogP contribution in [0.2, 0.25) is 0 Å². The van der Waals surface area contributed by atoms with Gasteiger partial charge in [0, 0.05) is 13.0 Å². The van der Waals surface area contributed by atoms with E-state index in [1.165, 1.54) is 57.8 Å². The molecule has 0 saturated carbocycles. The van der Waals surface area contributed by atoms with Gasteiger partial charge < -0.3 is 64.2 Å². The minimum Gasteiger partial charge on any atom is -0.457 e. The van der Waals surface area contributed by atoms with E-state index < -0.39 is 86.7 Å². The maximum absolute atomic E-state index is 13.1. The van der Waals surface area contributed by atoms with Crippen molar-refractivity contribution in [1.82, 2.24) is 0 Å². The van der Waals surface area contributed by atoms with Crippen molar-refractivity contribution < 1.29 is 69.0 Å². The Morgan fingerprint density at radius 3 is 1.32 bits per heavy atom. The molecule has 2 aliphatic heterocycles. The van der Waals surface area contributed by atoms with Crippen molar-refractivity contribution in [2.24, 2.45) is 0 Å². The van der Waals surface area contributed by atoms with Gasteiger partial charge in [0.05, 0.1) is 26.4 Å². The largest absolute Gasteiger partial charge is 0.457 e. The molecule has 0 aromatic heterocycles. The molecule has 2 aliphatic rings. The predicted molar refractivity (Wildman–Crippen MR) is 307 cm³/mol. The Morgan fingerprint density at radius 2 is 0.844 bits per heavy atom. The van der Waals surface area contributed by atoms with E-state index in [0.717, 1.165) is 109 Å². The zero-order chi connectivity index (χ0) is 55.8. The third-order valence-corrected chi connectivity index (χ3v) is 13.6. The van der Waals surface area contributed by atoms with Gasteiger partial charge in [-0.3, -0.25) is 4.79 Å². The van der Waals surface area contributed by atoms with Gasteiger partial charge in [-0.15, -0.1) is 0 Å². The maximum atomic E-state index is 13.1. The van der Waals surface area contributed by atoms with Crippen LogP contribution in [0.25, 0.3) is 0 Å². The number of aliphatic hydroxyl groups excluding tert-OH is 7. The number of rotatable bonds is 47. The van der Waals surface area contributed by atoms with Crippen LogP contribution < -0.4 is 0 Å². The van der Waals surface area contributed by atoms with E-state index in [4.69, 9.17) is 28.4 Å². The van der Waals surface area contributed by atoms with Crippen LogP contribution >= 0.6 is 0 Å². The van der Waals surface area contributed by atoms with E-state index in [1.54, 1.807) is 0 Å². The molecule has 2 rings (SSSR count). The van der Waals surface area contributed by atoms with Crippen molar-refractivity contribution >= 4 is 5.97 Å². The van der Waals surface area contributed by atoms with E-state index in [0.29, 0.717) is 13.0 Å². The average Bonchev–Trinajstić information content (AvgIpc) is 3.43. The van der Waals surface area contributed by atoms with Gasteiger partial charge in [-0.2, -0.15) is 0 Å². The summed E-state index contributed by atoms with van der Waals surface area (Å²) in [5.74, 6) is -0.395. The zero-order valence-electron chi connectivity index (χ0n) is 47.4. The van der Waals surface area contributed by atoms with Crippen LogP contribution in [0, 0.1) is 0 Å². The third kappa shape index (κ3) is 35.3. The van der Waals surface area contributed by atoms with Gasteiger partial charge in [-0.25, -0.2) is 0 Å². The Bertz CT molecular complexity index is 1640. The van der Waals surface area contributed by atoms with E-state index in [-0.39, 0.29) is 19.6 Å². The summed E-state index contributed by atoms with van der Waals surface area (Å²) in [6.07, 6.45) is 48.8. The SMILES string of the molecule is CC/C=C\C/C=C\C/C=C\C/C=C\C/C=C\CCCCCCCCCCOCC(COC1OC(COC2OC(CO)C(O)C(O)C2O)C(O)C(O)C1O)OC(=O)CCCCCCCC/C=C\C/C=C\C/C=C\CCCCC. The molecule has 14 heteroatoms. The van der Waals surface area contributed by atoms with Crippen LogP contribution in [0.15, 0.2) is 97.2 Å². The molecule has 0 spiro atoms. The van der Waals surface area contributed by atoms with Crippen LogP contribution in [0.4, 0.5) is 0 Å². The maximum Gasteiger partial charge on any atom is 0.306 e. The van der Waals surface area contributed by atoms with Crippen LogP contribution in [-0.4, -0.2) is 142 Å². The molecule has 0 bridgehead atoms. The molecule has 14 nitrogen and oxygen atoms in total. The second-order valence-corrected chi connectivity index (χ2v) is 20.4. The molecule has 0 aliphatic carbocycles. The quantitative estimate of drug-likeness (QED) is 0.0172. The lowest BCUT2D eigenvalue weighted by atomic mass is 9.98. The third-order valence-electron chi connectivity index (χ3n) is 13.6. The number of ether oxygens (including phenoxy) is 6. The molecule has 2 fully saturated rings. The number of hydrogen-bond acceptors (Lipinski definition) is 14. The Hall–Kier alpha value is -3.09. The molecule has 11 atom stereocenters. The Balaban J connectivity index is 1.72. The fourth-order valence-corrected chi connectivity index (χ4v) is 8.79. The van der Waals surface area contributed by atoms with Crippen molar-refractivity contribution in [3.8, 4) is 0 Å². The van der Waals surface area contributed by atoms with Crippen molar-refractivity contribution in [3.63, 3.8) is 0 Å². The fraction of sp³-hybridized carbons (Fsp3) is 0.730. The molecule has 0 amide bonds. The lowest BCUT2D eigenvalue weighted by molar-refractivity contribution is -0.332. The number of carbonyl (C=O) groups excluding carboxylic acids is 1. The topological polar surface area (TPSA) is 214 Å². The summed E-state index contributed by atoms with van der Waals surface area (Å²) >= 11 is 0. The second kappa shape index (κ2) is 48.8. The van der Waals surface area contributed by atoms with Gasteiger partial charge in [-0.1, -0.05) is 188 Å². The number of esters is 1. The molecular formula is C63H106O14. The normalized spacial score (nSPS) is 25.0. The predicted octanol–water partition coefficient (Wildman–Crippen LogP) is 11.0. The van der Waals surface area contributed by atoms with Crippen LogP contribution in [0.5, 0.6) is 0 Å². The number of hydrogen-bond donors (Lipinski definition) is 7. The number of unbranched alkanes of at least 4 members (excludes halogenated alkanes) is 17. The van der Waals surface area contributed by atoms with Crippen LogP contribution in [0.1, 0.15) is 194 Å². The van der Waals surface area contributed by atoms with Crippen LogP contribution in [0.3, 0.4) is 0 Å². The van der Waals surface area contributed by atoms with E-state index in [2.05, 4.69) is 111 Å². The molecule has 7 N–H and O–H groups in total. The monoisotopic (exact) mass is 1090 g/mol. The van der Waals surface area contributed by atoms with Gasteiger partial charge in [-0.05, 0) is 96.3 Å². The van der Waals surface area contributed by atoms with Crippen molar-refractivity contribution in [3.05, 3.63) is 97.2 Å². The molecule has 2 heterocycles. The van der Waals surface area contributed by atoms with Gasteiger partial charge in [0.15, 0.2) is 12.6 Å². The van der Waals surface area contributed by atoms with Crippen LogP contribution in [-0.2, 0) is 33.2 Å². The lowest BCUT2D eigenvalue weighted by Crippen LogP contribution is -2.61. The first-order valence-electron chi connectivity index (χ1n) is 29.8. The van der Waals surface area contributed by atoms with Gasteiger partial charge in [0.1, 0.15) is 54.9 Å². The van der Waals surface area contributed by atoms with Crippen molar-refractivity contribution in [1.29, 1.82) is 0 Å². The highest BCUT2D eigenvalue weighted by molar-refractivity contribution is 5.69. The Labute approximate surface area is 464 Å². The minimum atomic E-state index is -1.72. The Kier molecular flexibility index (Phi) is 44.4. The average molecular weight is 1090 g/mol. The zero-order valence-corrected chi connectivity index (χ0v) is 47.4. The summed E-state index contributed by atoms with van der Waals surface area (Å²) < 4.78 is 34.4. The smallest absolute Gasteiger partial charge is 0.306 e. The highest BCUT2D eigenvalue weighted by Crippen LogP contribution is 2.26. The number of allylic oxidation sites excluding steroid dienone is 16. The molecule has 2 saturated heterocycles. The molecule has 77 heavy (non-hydrogen) atoms.